The molecule has 0 spiro atoms. The van der Waals surface area contributed by atoms with Gasteiger partial charge in [-0.05, 0) is 19.1 Å². The Labute approximate surface area is 155 Å². The van der Waals surface area contributed by atoms with Crippen molar-refractivity contribution in [1.82, 2.24) is 9.97 Å². The predicted molar refractivity (Wildman–Crippen MR) is 105 cm³/mol. The topological polar surface area (TPSA) is 67.6 Å². The summed E-state index contributed by atoms with van der Waals surface area (Å²) in [6, 6.07) is 14.0. The molecule has 0 bridgehead atoms. The van der Waals surface area contributed by atoms with Crippen molar-refractivity contribution in [2.75, 3.05) is 0 Å². The van der Waals surface area contributed by atoms with Crippen molar-refractivity contribution >= 4 is 29.0 Å². The molecule has 3 aromatic rings. The molecule has 128 valence electrons. The Morgan fingerprint density at radius 2 is 2.00 bits per heavy atom. The van der Waals surface area contributed by atoms with Crippen molar-refractivity contribution in [3.8, 4) is 21.8 Å². The van der Waals surface area contributed by atoms with Crippen LogP contribution in [-0.2, 0) is 11.2 Å². The molecule has 0 aliphatic carbocycles. The number of hydrogen-bond donors (Lipinski definition) is 0. The van der Waals surface area contributed by atoms with E-state index in [1.165, 1.54) is 0 Å². The van der Waals surface area contributed by atoms with Gasteiger partial charge in [0, 0.05) is 42.1 Å². The third kappa shape index (κ3) is 3.36. The fourth-order valence-corrected chi connectivity index (χ4v) is 3.89. The molecule has 3 heterocycles. The molecule has 1 aliphatic heterocycles. The van der Waals surface area contributed by atoms with Gasteiger partial charge in [0.25, 0.3) is 0 Å². The minimum Gasteiger partial charge on any atom is -0.300 e. The summed E-state index contributed by atoms with van der Waals surface area (Å²) in [4.78, 5) is 21.6. The fourth-order valence-electron chi connectivity index (χ4n) is 2.81. The smallest absolute Gasteiger partial charge is 0.135 e. The molecule has 0 saturated heterocycles. The van der Waals surface area contributed by atoms with Crippen LogP contribution in [0.5, 0.6) is 0 Å². The van der Waals surface area contributed by atoms with Crippen molar-refractivity contribution < 1.29 is 4.79 Å². The van der Waals surface area contributed by atoms with Crippen molar-refractivity contribution in [3.63, 3.8) is 0 Å². The summed E-state index contributed by atoms with van der Waals surface area (Å²) >= 11 is 1.60. The lowest BCUT2D eigenvalue weighted by Gasteiger charge is -2.01. The summed E-state index contributed by atoms with van der Waals surface area (Å²) in [6.45, 7) is 1.57. The van der Waals surface area contributed by atoms with E-state index in [-0.39, 0.29) is 5.78 Å². The van der Waals surface area contributed by atoms with Crippen LogP contribution in [0.2, 0.25) is 0 Å². The van der Waals surface area contributed by atoms with Gasteiger partial charge in [-0.3, -0.25) is 9.78 Å². The van der Waals surface area contributed by atoms with Gasteiger partial charge in [-0.15, -0.1) is 11.3 Å². The van der Waals surface area contributed by atoms with Crippen LogP contribution in [0.4, 0.5) is 0 Å². The van der Waals surface area contributed by atoms with E-state index >= 15 is 0 Å². The molecular formula is C20H16N4OS. The van der Waals surface area contributed by atoms with Crippen LogP contribution < -0.4 is 0 Å². The predicted octanol–water partition coefficient (Wildman–Crippen LogP) is 4.18. The number of rotatable bonds is 5. The number of thiazole rings is 1. The average Bonchev–Trinajstić information content (AvgIpc) is 3.32. The van der Waals surface area contributed by atoms with Crippen molar-refractivity contribution in [1.29, 1.82) is 0 Å². The molecule has 2 aromatic heterocycles. The first-order valence-corrected chi connectivity index (χ1v) is 9.12. The Morgan fingerprint density at radius 3 is 2.73 bits per heavy atom. The molecule has 4 rings (SSSR count). The molecule has 0 saturated carbocycles. The number of Topliss-reactive ketones (excluding diaryl/α,β-unsaturated/α-hetero) is 1. The van der Waals surface area contributed by atoms with Gasteiger partial charge < -0.3 is 0 Å². The Morgan fingerprint density at radius 1 is 1.15 bits per heavy atom. The molecule has 0 atom stereocenters. The molecule has 26 heavy (non-hydrogen) atoms. The van der Waals surface area contributed by atoms with Gasteiger partial charge >= 0.3 is 0 Å². The zero-order valence-corrected chi connectivity index (χ0v) is 15.0. The monoisotopic (exact) mass is 360 g/mol. The third-order valence-corrected chi connectivity index (χ3v) is 5.13. The lowest BCUT2D eigenvalue weighted by molar-refractivity contribution is -0.116. The number of pyridine rings is 1. The summed E-state index contributed by atoms with van der Waals surface area (Å²) < 4.78 is 0. The van der Waals surface area contributed by atoms with Gasteiger partial charge in [0.2, 0.25) is 0 Å². The number of carbonyl (C=O) groups excluding carboxylic acids is 1. The molecule has 0 radical (unpaired) electrons. The highest BCUT2D eigenvalue weighted by Crippen LogP contribution is 2.35. The van der Waals surface area contributed by atoms with Crippen molar-refractivity contribution in [2.45, 2.75) is 19.8 Å². The maximum absolute atomic E-state index is 11.4. The van der Waals surface area contributed by atoms with Gasteiger partial charge in [-0.2, -0.15) is 10.2 Å². The van der Waals surface area contributed by atoms with Crippen LogP contribution >= 0.6 is 11.3 Å². The summed E-state index contributed by atoms with van der Waals surface area (Å²) in [5.41, 5.74) is 4.63. The van der Waals surface area contributed by atoms with Gasteiger partial charge in [0.1, 0.15) is 10.8 Å². The Bertz CT molecular complexity index is 1020. The zero-order chi connectivity index (χ0) is 17.9. The molecule has 0 unspecified atom stereocenters. The number of ketones is 1. The number of aromatic nitrogens is 2. The van der Waals surface area contributed by atoms with E-state index in [0.29, 0.717) is 12.8 Å². The molecule has 6 heteroatoms. The normalized spacial score (nSPS) is 13.0. The molecule has 0 N–H and O–H groups in total. The highest BCUT2D eigenvalue weighted by atomic mass is 32.1. The van der Waals surface area contributed by atoms with Crippen molar-refractivity contribution in [3.05, 3.63) is 59.2 Å². The maximum atomic E-state index is 11.4. The van der Waals surface area contributed by atoms with E-state index < -0.39 is 0 Å². The minimum absolute atomic E-state index is 0.0944. The van der Waals surface area contributed by atoms with Gasteiger partial charge in [0.05, 0.1) is 16.3 Å². The van der Waals surface area contributed by atoms with E-state index in [2.05, 4.69) is 15.2 Å². The van der Waals surface area contributed by atoms with Crippen molar-refractivity contribution in [2.24, 2.45) is 10.2 Å². The average molecular weight is 360 g/mol. The van der Waals surface area contributed by atoms with Crippen LogP contribution in [-0.4, -0.2) is 27.7 Å². The summed E-state index contributed by atoms with van der Waals surface area (Å²) in [5, 5.41) is 9.14. The second kappa shape index (κ2) is 7.09. The molecule has 1 aromatic carbocycles. The first-order valence-electron chi connectivity index (χ1n) is 8.30. The Balaban J connectivity index is 1.80. The Hall–Kier alpha value is -2.99. The number of nitrogens with zero attached hydrogens (tertiary/aromatic N) is 4. The summed E-state index contributed by atoms with van der Waals surface area (Å²) in [6.07, 6.45) is 4.58. The first kappa shape index (κ1) is 16.5. The van der Waals surface area contributed by atoms with E-state index in [0.717, 1.165) is 38.1 Å². The van der Waals surface area contributed by atoms with Crippen LogP contribution in [0.1, 0.15) is 23.9 Å². The molecular weight excluding hydrogens is 344 g/mol. The van der Waals surface area contributed by atoms with Crippen LogP contribution in [0.15, 0.2) is 58.9 Å². The largest absolute Gasteiger partial charge is 0.300 e. The number of carbonyl (C=O) groups is 1. The fraction of sp³-hybridized carbons (Fsp3) is 0.150. The lowest BCUT2D eigenvalue weighted by atomic mass is 10.1. The summed E-state index contributed by atoms with van der Waals surface area (Å²) in [5.74, 6) is 0.0944. The van der Waals surface area contributed by atoms with Gasteiger partial charge in [-0.25, -0.2) is 4.98 Å². The standard InChI is InChI=1S/C20H16N4OS/c1-13(25)11-16-12-15(7-9-21-16)20-23-18(14-5-3-2-4-6-14)19(26-20)17-8-10-22-24-17/h2-7,9-10,12H,8,11H2,1H3. The van der Waals surface area contributed by atoms with E-state index in [1.807, 2.05) is 42.5 Å². The molecule has 1 aliphatic rings. The highest BCUT2D eigenvalue weighted by molar-refractivity contribution is 7.17. The van der Waals surface area contributed by atoms with E-state index in [9.17, 15) is 4.79 Å². The van der Waals surface area contributed by atoms with E-state index in [1.54, 1.807) is 30.7 Å². The highest BCUT2D eigenvalue weighted by Gasteiger charge is 2.20. The third-order valence-electron chi connectivity index (χ3n) is 3.97. The van der Waals surface area contributed by atoms with Gasteiger partial charge in [0.15, 0.2) is 0 Å². The second-order valence-corrected chi connectivity index (χ2v) is 7.03. The zero-order valence-electron chi connectivity index (χ0n) is 14.2. The minimum atomic E-state index is 0.0944. The number of benzene rings is 1. The molecule has 0 amide bonds. The Kier molecular flexibility index (Phi) is 4.50. The lowest BCUT2D eigenvalue weighted by Crippen LogP contribution is -1.98. The maximum Gasteiger partial charge on any atom is 0.135 e. The van der Waals surface area contributed by atoms with Crippen LogP contribution in [0.3, 0.4) is 0 Å². The number of hydrogen-bond acceptors (Lipinski definition) is 6. The molecule has 5 nitrogen and oxygen atoms in total. The van der Waals surface area contributed by atoms with Crippen LogP contribution in [0, 0.1) is 0 Å². The quantitative estimate of drug-likeness (QED) is 0.685. The molecule has 0 fully saturated rings. The first-order chi connectivity index (χ1) is 12.7. The van der Waals surface area contributed by atoms with E-state index in [4.69, 9.17) is 4.98 Å². The van der Waals surface area contributed by atoms with Crippen LogP contribution in [0.25, 0.3) is 21.8 Å². The van der Waals surface area contributed by atoms with Gasteiger partial charge in [-0.1, -0.05) is 30.3 Å². The SMILES string of the molecule is CC(=O)Cc1cc(-c2nc(-c3ccccc3)c(C3=NN=CC3)s2)ccn1. The summed E-state index contributed by atoms with van der Waals surface area (Å²) in [7, 11) is 0. The second-order valence-electron chi connectivity index (χ2n) is 6.03.